The molecular weight excluding hydrogens is 433 g/mol. The third-order valence-corrected chi connectivity index (χ3v) is 4.29. The van der Waals surface area contributed by atoms with Gasteiger partial charge in [0.25, 0.3) is 5.91 Å². The minimum atomic E-state index is -0.762. The number of rotatable bonds is 10. The fourth-order valence-electron chi connectivity index (χ4n) is 2.90. The fraction of sp³-hybridized carbons (Fsp3) is 0.261. The summed E-state index contributed by atoms with van der Waals surface area (Å²) >= 11 is 0. The summed E-state index contributed by atoms with van der Waals surface area (Å²) in [4.78, 5) is 24.5. The standard InChI is InChI=1S/C23H24FN3O6/c1-4-31-23(29)15-5-6-20(19(24)11-15)33-18-10-16(22(28)26-21-7-8-25-27-21)9-17(12-18)32-14(2)13-30-3/h5-12,14H,4,13H2,1-3H3,(H2,25,26,27,28)/t14-/m0/s1. The van der Waals surface area contributed by atoms with E-state index in [2.05, 4.69) is 15.5 Å². The summed E-state index contributed by atoms with van der Waals surface area (Å²) in [6, 6.07) is 9.82. The highest BCUT2D eigenvalue weighted by atomic mass is 19.1. The Morgan fingerprint density at radius 3 is 2.58 bits per heavy atom. The molecule has 174 valence electrons. The van der Waals surface area contributed by atoms with Gasteiger partial charge in [-0.1, -0.05) is 0 Å². The molecule has 1 heterocycles. The second-order valence-corrected chi connectivity index (χ2v) is 6.96. The van der Waals surface area contributed by atoms with Gasteiger partial charge in [0.05, 0.1) is 18.8 Å². The van der Waals surface area contributed by atoms with Crippen molar-refractivity contribution in [2.24, 2.45) is 0 Å². The number of carbonyl (C=O) groups excluding carboxylic acids is 2. The van der Waals surface area contributed by atoms with E-state index < -0.39 is 17.7 Å². The van der Waals surface area contributed by atoms with Crippen LogP contribution >= 0.6 is 0 Å². The SMILES string of the molecule is CCOC(=O)c1ccc(Oc2cc(O[C@@H](C)COC)cc(C(=O)Nc3cc[nH]n3)c2)c(F)c1. The Hall–Kier alpha value is -3.92. The number of hydrogen-bond acceptors (Lipinski definition) is 7. The molecule has 0 saturated carbocycles. The molecule has 0 aliphatic rings. The van der Waals surface area contributed by atoms with Crippen molar-refractivity contribution < 1.29 is 32.9 Å². The van der Waals surface area contributed by atoms with Crippen LogP contribution in [0.3, 0.4) is 0 Å². The van der Waals surface area contributed by atoms with E-state index >= 15 is 0 Å². The van der Waals surface area contributed by atoms with E-state index in [0.717, 1.165) is 6.07 Å². The molecule has 0 saturated heterocycles. The zero-order chi connectivity index (χ0) is 23.8. The Bertz CT molecular complexity index is 1100. The summed E-state index contributed by atoms with van der Waals surface area (Å²) in [5.74, 6) is -1.18. The van der Waals surface area contributed by atoms with E-state index in [1.54, 1.807) is 33.2 Å². The van der Waals surface area contributed by atoms with Crippen molar-refractivity contribution >= 4 is 17.7 Å². The maximum absolute atomic E-state index is 14.6. The summed E-state index contributed by atoms with van der Waals surface area (Å²) in [5, 5.41) is 9.13. The number of methoxy groups -OCH3 is 1. The van der Waals surface area contributed by atoms with E-state index in [9.17, 15) is 14.0 Å². The van der Waals surface area contributed by atoms with Crippen LogP contribution in [0, 0.1) is 5.82 Å². The zero-order valence-corrected chi connectivity index (χ0v) is 18.4. The predicted molar refractivity (Wildman–Crippen MR) is 117 cm³/mol. The number of nitrogens with zero attached hydrogens (tertiary/aromatic N) is 1. The van der Waals surface area contributed by atoms with Gasteiger partial charge >= 0.3 is 5.97 Å². The largest absolute Gasteiger partial charge is 0.488 e. The molecule has 9 nitrogen and oxygen atoms in total. The molecule has 0 spiro atoms. The molecular formula is C23H24FN3O6. The number of hydrogen-bond donors (Lipinski definition) is 2. The summed E-state index contributed by atoms with van der Waals surface area (Å²) in [6.45, 7) is 3.96. The number of halogens is 1. The molecule has 1 aromatic heterocycles. The number of ether oxygens (including phenoxy) is 4. The number of benzene rings is 2. The predicted octanol–water partition coefficient (Wildman–Crippen LogP) is 4.18. The lowest BCUT2D eigenvalue weighted by molar-refractivity contribution is 0.0525. The van der Waals surface area contributed by atoms with E-state index in [1.165, 1.54) is 30.3 Å². The van der Waals surface area contributed by atoms with Gasteiger partial charge in [-0.3, -0.25) is 9.89 Å². The van der Waals surface area contributed by atoms with Crippen molar-refractivity contribution in [2.45, 2.75) is 20.0 Å². The van der Waals surface area contributed by atoms with Gasteiger partial charge in [0.1, 0.15) is 17.6 Å². The summed E-state index contributed by atoms with van der Waals surface area (Å²) < 4.78 is 36.0. The molecule has 0 aliphatic carbocycles. The smallest absolute Gasteiger partial charge is 0.338 e. The van der Waals surface area contributed by atoms with Gasteiger partial charge in [-0.2, -0.15) is 5.10 Å². The van der Waals surface area contributed by atoms with Crippen LogP contribution in [0.1, 0.15) is 34.6 Å². The first-order valence-electron chi connectivity index (χ1n) is 10.2. The van der Waals surface area contributed by atoms with Crippen LogP contribution in [0.4, 0.5) is 10.2 Å². The monoisotopic (exact) mass is 457 g/mol. The van der Waals surface area contributed by atoms with Crippen LogP contribution in [0.25, 0.3) is 0 Å². The van der Waals surface area contributed by atoms with Gasteiger partial charge in [0, 0.05) is 31.0 Å². The number of esters is 1. The first-order valence-corrected chi connectivity index (χ1v) is 10.2. The second-order valence-electron chi connectivity index (χ2n) is 6.96. The molecule has 1 atom stereocenters. The van der Waals surface area contributed by atoms with Gasteiger partial charge in [-0.25, -0.2) is 9.18 Å². The van der Waals surface area contributed by atoms with Crippen LogP contribution in [0.2, 0.25) is 0 Å². The van der Waals surface area contributed by atoms with E-state index in [-0.39, 0.29) is 35.3 Å². The molecule has 1 amide bonds. The minimum absolute atomic E-state index is 0.0613. The van der Waals surface area contributed by atoms with Crippen LogP contribution in [0.15, 0.2) is 48.7 Å². The number of aromatic amines is 1. The Labute approximate surface area is 189 Å². The van der Waals surface area contributed by atoms with E-state index in [1.807, 2.05) is 0 Å². The number of aromatic nitrogens is 2. The maximum atomic E-state index is 14.6. The number of amides is 1. The highest BCUT2D eigenvalue weighted by molar-refractivity contribution is 6.04. The highest BCUT2D eigenvalue weighted by Gasteiger charge is 2.16. The summed E-state index contributed by atoms with van der Waals surface area (Å²) in [6.07, 6.45) is 1.26. The topological polar surface area (TPSA) is 112 Å². The Morgan fingerprint density at radius 1 is 1.12 bits per heavy atom. The molecule has 2 aromatic carbocycles. The lowest BCUT2D eigenvalue weighted by atomic mass is 10.1. The average molecular weight is 457 g/mol. The molecule has 0 radical (unpaired) electrons. The third kappa shape index (κ3) is 6.53. The molecule has 33 heavy (non-hydrogen) atoms. The van der Waals surface area contributed by atoms with Crippen molar-refractivity contribution in [1.29, 1.82) is 0 Å². The zero-order valence-electron chi connectivity index (χ0n) is 18.4. The molecule has 0 bridgehead atoms. The Kier molecular flexibility index (Phi) is 7.98. The van der Waals surface area contributed by atoms with E-state index in [0.29, 0.717) is 18.2 Å². The molecule has 0 aliphatic heterocycles. The molecule has 2 N–H and O–H groups in total. The fourth-order valence-corrected chi connectivity index (χ4v) is 2.90. The van der Waals surface area contributed by atoms with Crippen molar-refractivity contribution in [3.63, 3.8) is 0 Å². The molecule has 3 aromatic rings. The lowest BCUT2D eigenvalue weighted by Gasteiger charge is -2.16. The summed E-state index contributed by atoms with van der Waals surface area (Å²) in [7, 11) is 1.55. The third-order valence-electron chi connectivity index (χ3n) is 4.29. The van der Waals surface area contributed by atoms with Gasteiger partial charge in [-0.05, 0) is 44.2 Å². The quantitative estimate of drug-likeness (QED) is 0.439. The first kappa shape index (κ1) is 23.7. The van der Waals surface area contributed by atoms with Gasteiger partial charge in [-0.15, -0.1) is 0 Å². The molecule has 0 fully saturated rings. The van der Waals surface area contributed by atoms with E-state index in [4.69, 9.17) is 18.9 Å². The molecule has 10 heteroatoms. The number of nitrogens with one attached hydrogen (secondary N) is 2. The number of carbonyl (C=O) groups is 2. The average Bonchev–Trinajstić information content (AvgIpc) is 3.28. The van der Waals surface area contributed by atoms with Crippen LogP contribution in [-0.4, -0.2) is 48.5 Å². The van der Waals surface area contributed by atoms with Gasteiger partial charge in [0.15, 0.2) is 17.4 Å². The van der Waals surface area contributed by atoms with Crippen LogP contribution < -0.4 is 14.8 Å². The van der Waals surface area contributed by atoms with Crippen molar-refractivity contribution in [2.75, 3.05) is 25.6 Å². The van der Waals surface area contributed by atoms with Crippen LogP contribution in [0.5, 0.6) is 17.2 Å². The molecule has 3 rings (SSSR count). The Balaban J connectivity index is 1.88. The number of H-pyrrole nitrogens is 1. The highest BCUT2D eigenvalue weighted by Crippen LogP contribution is 2.30. The van der Waals surface area contributed by atoms with Crippen molar-refractivity contribution in [3.8, 4) is 17.2 Å². The van der Waals surface area contributed by atoms with Gasteiger partial charge in [0.2, 0.25) is 0 Å². The minimum Gasteiger partial charge on any atom is -0.488 e. The van der Waals surface area contributed by atoms with Crippen molar-refractivity contribution in [3.05, 3.63) is 65.6 Å². The van der Waals surface area contributed by atoms with Crippen LogP contribution in [-0.2, 0) is 9.47 Å². The van der Waals surface area contributed by atoms with Crippen molar-refractivity contribution in [1.82, 2.24) is 10.2 Å². The maximum Gasteiger partial charge on any atom is 0.338 e. The Morgan fingerprint density at radius 2 is 1.91 bits per heavy atom. The normalized spacial score (nSPS) is 11.5. The first-order chi connectivity index (χ1) is 15.9. The second kappa shape index (κ2) is 11.1. The van der Waals surface area contributed by atoms with Gasteiger partial charge < -0.3 is 24.3 Å². The summed E-state index contributed by atoms with van der Waals surface area (Å²) in [5.41, 5.74) is 0.268. The number of anilines is 1. The molecule has 0 unspecified atom stereocenters. The lowest BCUT2D eigenvalue weighted by Crippen LogP contribution is -2.18.